The lowest BCUT2D eigenvalue weighted by molar-refractivity contribution is -0.137. The number of imidazole rings is 2. The van der Waals surface area contributed by atoms with Gasteiger partial charge in [-0.1, -0.05) is 85.8 Å². The molecule has 4 amide bonds. The summed E-state index contributed by atoms with van der Waals surface area (Å²) in [5, 5.41) is 7.14. The Bertz CT molecular complexity index is 2430. The van der Waals surface area contributed by atoms with Crippen LogP contribution in [0.2, 0.25) is 0 Å². The molecule has 0 spiro atoms. The van der Waals surface area contributed by atoms with E-state index >= 15 is 0 Å². The van der Waals surface area contributed by atoms with Crippen molar-refractivity contribution in [2.24, 2.45) is 0 Å². The first kappa shape index (κ1) is 41.3. The number of rotatable bonds is 16. The van der Waals surface area contributed by atoms with Gasteiger partial charge in [0.15, 0.2) is 0 Å². The number of H-pyrrole nitrogens is 2. The Morgan fingerprint density at radius 2 is 1.25 bits per heavy atom. The molecule has 0 aliphatic carbocycles. The number of fused-ring (bicyclic) bond motifs is 1. The standard InChI is InChI=1S/C44H46N8O7/c1-5-19-51(40(54)24-47-43(56)58-3)26-38-46-23-37(49-38)35-18-17-33-20-32(15-16-34(33)21-35)29-11-13-30(14-12-29)36-22-45-39(48-36)27-52(25-28(2)53)42(55)41(50-44(57)59-4)31-9-7-6-8-10-31/h6-18,20-23,41H,5,19,24-27H2,1-4H3,(H,45,48)(H,46,49)(H,47,56)(H,50,57)/t41-/m1/s1. The molecule has 0 fully saturated rings. The van der Waals surface area contributed by atoms with Gasteiger partial charge in [0, 0.05) is 12.1 Å². The molecule has 0 saturated carbocycles. The maximum absolute atomic E-state index is 13.8. The van der Waals surface area contributed by atoms with E-state index in [1.54, 1.807) is 47.6 Å². The van der Waals surface area contributed by atoms with E-state index in [4.69, 9.17) is 4.74 Å². The van der Waals surface area contributed by atoms with Gasteiger partial charge in [-0.25, -0.2) is 19.6 Å². The number of aromatic nitrogens is 4. The van der Waals surface area contributed by atoms with E-state index in [9.17, 15) is 24.0 Å². The number of ketones is 1. The van der Waals surface area contributed by atoms with Crippen molar-refractivity contribution < 1.29 is 33.4 Å². The first-order valence-corrected chi connectivity index (χ1v) is 19.0. The van der Waals surface area contributed by atoms with Crippen molar-refractivity contribution in [2.75, 3.05) is 33.9 Å². The van der Waals surface area contributed by atoms with Crippen LogP contribution in [-0.2, 0) is 36.9 Å². The third-order valence-electron chi connectivity index (χ3n) is 9.59. The monoisotopic (exact) mass is 798 g/mol. The van der Waals surface area contributed by atoms with Crippen LogP contribution in [0.25, 0.3) is 44.4 Å². The second-order valence-electron chi connectivity index (χ2n) is 13.9. The highest BCUT2D eigenvalue weighted by Crippen LogP contribution is 2.30. The molecular formula is C44H46N8O7. The summed E-state index contributed by atoms with van der Waals surface area (Å²) in [6.45, 7) is 3.86. The van der Waals surface area contributed by atoms with Gasteiger partial charge in [-0.3, -0.25) is 14.4 Å². The number of carbonyl (C=O) groups excluding carboxylic acids is 5. The van der Waals surface area contributed by atoms with Crippen LogP contribution in [0.5, 0.6) is 0 Å². The van der Waals surface area contributed by atoms with Crippen LogP contribution in [-0.4, -0.2) is 93.4 Å². The summed E-state index contributed by atoms with van der Waals surface area (Å²) >= 11 is 0. The Kier molecular flexibility index (Phi) is 13.5. The normalized spacial score (nSPS) is 11.4. The molecule has 1 atom stereocenters. The number of carbonyl (C=O) groups is 5. The Labute approximate surface area is 341 Å². The van der Waals surface area contributed by atoms with E-state index in [1.807, 2.05) is 37.3 Å². The number of amides is 4. The Morgan fingerprint density at radius 3 is 1.86 bits per heavy atom. The van der Waals surface area contributed by atoms with E-state index in [-0.39, 0.29) is 37.9 Å². The minimum atomic E-state index is -1.07. The summed E-state index contributed by atoms with van der Waals surface area (Å²) in [7, 11) is 2.47. The van der Waals surface area contributed by atoms with Crippen LogP contribution in [0.4, 0.5) is 9.59 Å². The second kappa shape index (κ2) is 19.2. The van der Waals surface area contributed by atoms with E-state index in [1.165, 1.54) is 26.0 Å². The fourth-order valence-electron chi connectivity index (χ4n) is 6.64. The summed E-state index contributed by atoms with van der Waals surface area (Å²) in [5.41, 5.74) is 6.01. The lowest BCUT2D eigenvalue weighted by Crippen LogP contribution is -2.44. The first-order chi connectivity index (χ1) is 28.5. The molecule has 6 aromatic rings. The Hall–Kier alpha value is -7.29. The molecule has 4 N–H and O–H groups in total. The van der Waals surface area contributed by atoms with Crippen molar-refractivity contribution in [2.45, 2.75) is 39.4 Å². The molecule has 0 saturated heterocycles. The number of methoxy groups -OCH3 is 2. The van der Waals surface area contributed by atoms with Crippen LogP contribution in [0.1, 0.15) is 43.5 Å². The smallest absolute Gasteiger partial charge is 0.407 e. The zero-order valence-electron chi connectivity index (χ0n) is 33.3. The van der Waals surface area contributed by atoms with Crippen LogP contribution >= 0.6 is 0 Å². The Balaban J connectivity index is 1.12. The van der Waals surface area contributed by atoms with Gasteiger partial charge >= 0.3 is 12.2 Å². The predicted octanol–water partition coefficient (Wildman–Crippen LogP) is 6.40. The summed E-state index contributed by atoms with van der Waals surface area (Å²) < 4.78 is 9.33. The van der Waals surface area contributed by atoms with E-state index in [2.05, 4.69) is 65.6 Å². The number of nitrogens with one attached hydrogen (secondary N) is 4. The van der Waals surface area contributed by atoms with Gasteiger partial charge in [-0.2, -0.15) is 0 Å². The molecule has 0 unspecified atom stereocenters. The molecular weight excluding hydrogens is 753 g/mol. The van der Waals surface area contributed by atoms with Gasteiger partial charge in [-0.15, -0.1) is 0 Å². The van der Waals surface area contributed by atoms with Crippen LogP contribution < -0.4 is 10.6 Å². The zero-order chi connectivity index (χ0) is 41.9. The van der Waals surface area contributed by atoms with Crippen molar-refractivity contribution in [1.82, 2.24) is 40.4 Å². The van der Waals surface area contributed by atoms with Crippen LogP contribution in [0.15, 0.2) is 103 Å². The lowest BCUT2D eigenvalue weighted by Gasteiger charge is -2.26. The number of benzene rings is 4. The fourth-order valence-corrected chi connectivity index (χ4v) is 6.64. The molecule has 0 radical (unpaired) electrons. The molecule has 15 heteroatoms. The zero-order valence-corrected chi connectivity index (χ0v) is 33.3. The van der Waals surface area contributed by atoms with Crippen molar-refractivity contribution in [3.63, 3.8) is 0 Å². The minimum absolute atomic E-state index is 0.0132. The molecule has 59 heavy (non-hydrogen) atoms. The molecule has 0 aliphatic heterocycles. The first-order valence-electron chi connectivity index (χ1n) is 19.0. The van der Waals surface area contributed by atoms with E-state index in [0.29, 0.717) is 23.8 Å². The maximum Gasteiger partial charge on any atom is 0.407 e. The molecule has 4 aromatic carbocycles. The van der Waals surface area contributed by atoms with E-state index in [0.717, 1.165) is 50.8 Å². The van der Waals surface area contributed by atoms with Gasteiger partial charge in [0.25, 0.3) is 5.91 Å². The molecule has 0 aliphatic rings. The number of hydrogen-bond acceptors (Lipinski definition) is 9. The summed E-state index contributed by atoms with van der Waals surface area (Å²) in [6, 6.07) is 28.2. The van der Waals surface area contributed by atoms with E-state index < -0.39 is 24.1 Å². The fraction of sp³-hybridized carbons (Fsp3) is 0.250. The van der Waals surface area contributed by atoms with Gasteiger partial charge in [0.2, 0.25) is 5.91 Å². The molecule has 0 bridgehead atoms. The highest BCUT2D eigenvalue weighted by Gasteiger charge is 2.29. The molecule has 2 aromatic heterocycles. The van der Waals surface area contributed by atoms with Crippen molar-refractivity contribution in [1.29, 1.82) is 0 Å². The van der Waals surface area contributed by atoms with Gasteiger partial charge in [0.1, 0.15) is 30.0 Å². The summed E-state index contributed by atoms with van der Waals surface area (Å²) in [4.78, 5) is 81.0. The second-order valence-corrected chi connectivity index (χ2v) is 13.9. The third-order valence-corrected chi connectivity index (χ3v) is 9.59. The average molecular weight is 799 g/mol. The van der Waals surface area contributed by atoms with Gasteiger partial charge in [-0.05, 0) is 58.5 Å². The molecule has 2 heterocycles. The number of hydrogen-bond donors (Lipinski definition) is 4. The number of alkyl carbamates (subject to hydrolysis) is 2. The average Bonchev–Trinajstić information content (AvgIpc) is 3.94. The molecule has 304 valence electrons. The van der Waals surface area contributed by atoms with Gasteiger partial charge in [0.05, 0.1) is 57.6 Å². The Morgan fingerprint density at radius 1 is 0.695 bits per heavy atom. The minimum Gasteiger partial charge on any atom is -0.453 e. The van der Waals surface area contributed by atoms with Crippen LogP contribution in [0.3, 0.4) is 0 Å². The predicted molar refractivity (Wildman–Crippen MR) is 221 cm³/mol. The quantitative estimate of drug-likeness (QED) is 0.0859. The number of Topliss-reactive ketones (excluding diaryl/α,β-unsaturated/α-hetero) is 1. The number of nitrogens with zero attached hydrogens (tertiary/aromatic N) is 4. The highest BCUT2D eigenvalue weighted by atomic mass is 16.5. The third kappa shape index (κ3) is 10.6. The lowest BCUT2D eigenvalue weighted by atomic mass is 9.98. The van der Waals surface area contributed by atoms with Crippen LogP contribution in [0, 0.1) is 0 Å². The maximum atomic E-state index is 13.8. The molecule has 6 rings (SSSR count). The highest BCUT2D eigenvalue weighted by molar-refractivity contribution is 5.91. The largest absolute Gasteiger partial charge is 0.453 e. The number of aromatic amines is 2. The molecule has 15 nitrogen and oxygen atoms in total. The SMILES string of the molecule is CCCN(Cc1ncc(-c2ccc3cc(-c4ccc(-c5cnc(CN(CC(C)=O)C(=O)[C@H](NC(=O)OC)c6ccccc6)[nH]5)cc4)ccc3c2)[nH]1)C(=O)CNC(=O)OC. The number of ether oxygens (including phenoxy) is 2. The topological polar surface area (TPSA) is 192 Å². The van der Waals surface area contributed by atoms with Crippen molar-refractivity contribution in [3.05, 3.63) is 121 Å². The summed E-state index contributed by atoms with van der Waals surface area (Å²) in [6.07, 6.45) is 2.76. The van der Waals surface area contributed by atoms with Gasteiger partial charge < -0.3 is 39.9 Å². The van der Waals surface area contributed by atoms with Crippen molar-refractivity contribution >= 4 is 40.6 Å². The van der Waals surface area contributed by atoms with Crippen molar-refractivity contribution in [3.8, 4) is 33.6 Å². The summed E-state index contributed by atoms with van der Waals surface area (Å²) in [5.74, 6) is 0.181.